The van der Waals surface area contributed by atoms with Gasteiger partial charge in [-0.15, -0.1) is 0 Å². The summed E-state index contributed by atoms with van der Waals surface area (Å²) in [7, 11) is 0. The first-order valence-corrected chi connectivity index (χ1v) is 9.09. The first kappa shape index (κ1) is 17.9. The van der Waals surface area contributed by atoms with Gasteiger partial charge in [0.15, 0.2) is 0 Å². The van der Waals surface area contributed by atoms with Gasteiger partial charge in [0.05, 0.1) is 24.5 Å². The third-order valence-electron chi connectivity index (χ3n) is 4.59. The third kappa shape index (κ3) is 3.39. The maximum Gasteiger partial charge on any atom is 0.259 e. The molecule has 7 heteroatoms. The Bertz CT molecular complexity index is 1060. The highest BCUT2D eigenvalue weighted by atomic mass is 16.5. The fourth-order valence-corrected chi connectivity index (χ4v) is 3.29. The minimum Gasteiger partial charge on any atom is -0.372 e. The first-order chi connectivity index (χ1) is 13.7. The molecule has 1 aromatic carbocycles. The minimum absolute atomic E-state index is 0.197. The predicted octanol–water partition coefficient (Wildman–Crippen LogP) is 3.21. The van der Waals surface area contributed by atoms with E-state index in [0.717, 1.165) is 5.56 Å². The zero-order valence-electron chi connectivity index (χ0n) is 15.4. The average molecular weight is 376 g/mol. The molecule has 1 aliphatic heterocycles. The Kier molecular flexibility index (Phi) is 4.90. The van der Waals surface area contributed by atoms with E-state index < -0.39 is 0 Å². The number of fused-ring (bicyclic) bond motifs is 2. The highest BCUT2D eigenvalue weighted by Gasteiger charge is 2.28. The van der Waals surface area contributed by atoms with Crippen molar-refractivity contribution in [2.45, 2.75) is 20.1 Å². The van der Waals surface area contributed by atoms with E-state index in [4.69, 9.17) is 4.74 Å². The van der Waals surface area contributed by atoms with Crippen LogP contribution in [-0.4, -0.2) is 22.4 Å². The number of carbonyl (C=O) groups is 1. The lowest BCUT2D eigenvalue weighted by Crippen LogP contribution is -2.23. The van der Waals surface area contributed by atoms with Crippen LogP contribution in [0.3, 0.4) is 0 Å². The number of rotatable bonds is 5. The van der Waals surface area contributed by atoms with Crippen LogP contribution in [-0.2, 0) is 18.0 Å². The lowest BCUT2D eigenvalue weighted by Gasteiger charge is -2.23. The molecule has 0 unspecified atom stereocenters. The van der Waals surface area contributed by atoms with Gasteiger partial charge in [0.2, 0.25) is 5.56 Å². The van der Waals surface area contributed by atoms with Gasteiger partial charge >= 0.3 is 0 Å². The molecule has 28 heavy (non-hydrogen) atoms. The number of amides is 1. The van der Waals surface area contributed by atoms with E-state index >= 15 is 0 Å². The van der Waals surface area contributed by atoms with Crippen molar-refractivity contribution in [2.24, 2.45) is 0 Å². The number of nitrogens with zero attached hydrogens (tertiary/aromatic N) is 2. The molecule has 4 rings (SSSR count). The van der Waals surface area contributed by atoms with Crippen molar-refractivity contribution >= 4 is 23.2 Å². The zero-order valence-corrected chi connectivity index (χ0v) is 15.4. The van der Waals surface area contributed by atoms with Crippen molar-refractivity contribution in [2.75, 3.05) is 16.8 Å². The number of aromatic nitrogens is 2. The SMILES string of the molecule is CCN1c2ncccc2C(=O)Nc2c(COCc3ccccc3)cc(=O)[nH]c21. The number of aromatic amines is 1. The summed E-state index contributed by atoms with van der Waals surface area (Å²) in [6.45, 7) is 3.09. The van der Waals surface area contributed by atoms with Gasteiger partial charge in [0.25, 0.3) is 5.91 Å². The highest BCUT2D eigenvalue weighted by molar-refractivity contribution is 6.11. The summed E-state index contributed by atoms with van der Waals surface area (Å²) < 4.78 is 5.81. The van der Waals surface area contributed by atoms with Crippen molar-refractivity contribution in [3.63, 3.8) is 0 Å². The monoisotopic (exact) mass is 376 g/mol. The van der Waals surface area contributed by atoms with Gasteiger partial charge in [-0.25, -0.2) is 4.98 Å². The van der Waals surface area contributed by atoms with Crippen LogP contribution in [0.4, 0.5) is 17.3 Å². The fraction of sp³-hybridized carbons (Fsp3) is 0.190. The molecule has 7 nitrogen and oxygen atoms in total. The smallest absolute Gasteiger partial charge is 0.259 e. The Morgan fingerprint density at radius 2 is 1.89 bits per heavy atom. The molecule has 0 spiro atoms. The van der Waals surface area contributed by atoms with Crippen LogP contribution in [0.1, 0.15) is 28.4 Å². The van der Waals surface area contributed by atoms with E-state index in [1.807, 2.05) is 42.2 Å². The van der Waals surface area contributed by atoms with Gasteiger partial charge in [-0.2, -0.15) is 0 Å². The average Bonchev–Trinajstić information content (AvgIpc) is 2.83. The van der Waals surface area contributed by atoms with Crippen LogP contribution in [0.5, 0.6) is 0 Å². The molecule has 1 amide bonds. The van der Waals surface area contributed by atoms with E-state index in [0.29, 0.717) is 41.6 Å². The third-order valence-corrected chi connectivity index (χ3v) is 4.59. The number of pyridine rings is 2. The molecule has 1 aliphatic rings. The summed E-state index contributed by atoms with van der Waals surface area (Å²) in [5.74, 6) is 0.759. The minimum atomic E-state index is -0.267. The van der Waals surface area contributed by atoms with Gasteiger partial charge < -0.3 is 19.9 Å². The molecule has 0 saturated heterocycles. The summed E-state index contributed by atoms with van der Waals surface area (Å²) in [5, 5.41) is 2.92. The van der Waals surface area contributed by atoms with Gasteiger partial charge in [0.1, 0.15) is 11.6 Å². The van der Waals surface area contributed by atoms with Crippen LogP contribution < -0.4 is 15.8 Å². The molecule has 3 aromatic rings. The van der Waals surface area contributed by atoms with Crippen LogP contribution in [0.15, 0.2) is 59.5 Å². The maximum absolute atomic E-state index is 12.8. The van der Waals surface area contributed by atoms with Crippen LogP contribution in [0.2, 0.25) is 0 Å². The Morgan fingerprint density at radius 3 is 2.68 bits per heavy atom. The van der Waals surface area contributed by atoms with E-state index in [1.54, 1.807) is 18.3 Å². The van der Waals surface area contributed by atoms with Gasteiger partial charge in [-0.05, 0) is 24.6 Å². The number of carbonyl (C=O) groups excluding carboxylic acids is 1. The van der Waals surface area contributed by atoms with Crippen molar-refractivity contribution in [1.29, 1.82) is 0 Å². The molecule has 0 aliphatic carbocycles. The van der Waals surface area contributed by atoms with Crippen molar-refractivity contribution in [3.8, 4) is 0 Å². The molecule has 142 valence electrons. The normalized spacial score (nSPS) is 12.8. The van der Waals surface area contributed by atoms with Crippen LogP contribution in [0, 0.1) is 0 Å². The summed E-state index contributed by atoms with van der Waals surface area (Å²) >= 11 is 0. The first-order valence-electron chi connectivity index (χ1n) is 9.09. The lowest BCUT2D eigenvalue weighted by atomic mass is 10.2. The lowest BCUT2D eigenvalue weighted by molar-refractivity contribution is 0.102. The number of hydrogen-bond acceptors (Lipinski definition) is 5. The quantitative estimate of drug-likeness (QED) is 0.714. The molecule has 0 fully saturated rings. The Balaban J connectivity index is 1.70. The van der Waals surface area contributed by atoms with E-state index in [-0.39, 0.29) is 18.1 Å². The molecule has 0 radical (unpaired) electrons. The van der Waals surface area contributed by atoms with E-state index in [9.17, 15) is 9.59 Å². The maximum atomic E-state index is 12.8. The molecular weight excluding hydrogens is 356 g/mol. The second kappa shape index (κ2) is 7.66. The molecular formula is C21H20N4O3. The van der Waals surface area contributed by atoms with Crippen LogP contribution in [0.25, 0.3) is 0 Å². The number of anilines is 3. The molecule has 0 bridgehead atoms. The summed E-state index contributed by atoms with van der Waals surface area (Å²) in [6, 6.07) is 14.7. The number of H-pyrrole nitrogens is 1. The predicted molar refractivity (Wildman–Crippen MR) is 107 cm³/mol. The highest BCUT2D eigenvalue weighted by Crippen LogP contribution is 2.36. The van der Waals surface area contributed by atoms with Crippen molar-refractivity contribution in [3.05, 3.63) is 81.8 Å². The van der Waals surface area contributed by atoms with Gasteiger partial charge in [0, 0.05) is 24.4 Å². The number of nitrogens with one attached hydrogen (secondary N) is 2. The van der Waals surface area contributed by atoms with E-state index in [1.165, 1.54) is 6.07 Å². The van der Waals surface area contributed by atoms with Crippen molar-refractivity contribution in [1.82, 2.24) is 9.97 Å². The fourth-order valence-electron chi connectivity index (χ4n) is 3.29. The molecule has 0 saturated carbocycles. The molecule has 3 heterocycles. The standard InChI is InChI=1S/C21H20N4O3/c1-2-25-19-16(9-6-10-22-19)21(27)24-18-15(11-17(26)23-20(18)25)13-28-12-14-7-4-3-5-8-14/h3-11H,2,12-13H2,1H3,(H,23,26)(H,24,27). The van der Waals surface area contributed by atoms with E-state index in [2.05, 4.69) is 15.3 Å². The topological polar surface area (TPSA) is 87.3 Å². The number of ether oxygens (including phenoxy) is 1. The van der Waals surface area contributed by atoms with Gasteiger partial charge in [-0.3, -0.25) is 9.59 Å². The second-order valence-corrected chi connectivity index (χ2v) is 6.43. The molecule has 2 N–H and O–H groups in total. The largest absolute Gasteiger partial charge is 0.372 e. The Hall–Kier alpha value is -3.45. The summed E-state index contributed by atoms with van der Waals surface area (Å²) in [5.41, 5.74) is 2.39. The van der Waals surface area contributed by atoms with Gasteiger partial charge in [-0.1, -0.05) is 30.3 Å². The number of hydrogen-bond donors (Lipinski definition) is 2. The molecule has 0 atom stereocenters. The number of benzene rings is 1. The summed E-state index contributed by atoms with van der Waals surface area (Å²) in [4.78, 5) is 34.1. The Labute approximate surface area is 162 Å². The zero-order chi connectivity index (χ0) is 19.5. The van der Waals surface area contributed by atoms with Crippen LogP contribution >= 0.6 is 0 Å². The Morgan fingerprint density at radius 1 is 1.07 bits per heavy atom. The summed E-state index contributed by atoms with van der Waals surface area (Å²) in [6.07, 6.45) is 1.63. The van der Waals surface area contributed by atoms with Crippen molar-refractivity contribution < 1.29 is 9.53 Å². The molecule has 2 aromatic heterocycles. The second-order valence-electron chi connectivity index (χ2n) is 6.43.